The van der Waals surface area contributed by atoms with Crippen LogP contribution in [0.1, 0.15) is 45.1 Å². The molecule has 1 rings (SSSR count). The monoisotopic (exact) mass is 219 g/mol. The first-order valence-corrected chi connectivity index (χ1v) is 5.75. The van der Waals surface area contributed by atoms with Crippen LogP contribution in [0.15, 0.2) is 0 Å². The van der Waals surface area contributed by atoms with E-state index in [-0.39, 0.29) is 0 Å². The van der Waals surface area contributed by atoms with E-state index in [4.69, 9.17) is 12.2 Å². The van der Waals surface area contributed by atoms with Gasteiger partial charge in [-0.25, -0.2) is 4.98 Å². The van der Waals surface area contributed by atoms with Crippen molar-refractivity contribution in [3.8, 4) is 12.3 Å². The summed E-state index contributed by atoms with van der Waals surface area (Å²) in [6.45, 7) is 9.04. The minimum atomic E-state index is 0.344. The van der Waals surface area contributed by atoms with Gasteiger partial charge in [0.2, 0.25) is 0 Å². The van der Waals surface area contributed by atoms with Gasteiger partial charge in [-0.2, -0.15) is 0 Å². The second-order valence-corrected chi connectivity index (χ2v) is 4.84. The van der Waals surface area contributed by atoms with Gasteiger partial charge in [-0.05, 0) is 12.3 Å². The summed E-state index contributed by atoms with van der Waals surface area (Å²) in [4.78, 5) is 4.61. The highest BCUT2D eigenvalue weighted by atomic mass is 15.1. The fourth-order valence-corrected chi connectivity index (χ4v) is 1.77. The number of rotatable bonds is 4. The lowest BCUT2D eigenvalue weighted by Gasteiger charge is -2.08. The van der Waals surface area contributed by atoms with Gasteiger partial charge in [0.25, 0.3) is 0 Å². The van der Waals surface area contributed by atoms with Crippen molar-refractivity contribution in [2.24, 2.45) is 5.92 Å². The second-order valence-electron chi connectivity index (χ2n) is 4.84. The lowest BCUT2D eigenvalue weighted by atomic mass is 10.1. The molecule has 0 atom stereocenters. The lowest BCUT2D eigenvalue weighted by molar-refractivity contribution is 0.635. The molecular formula is C13H21N3. The van der Waals surface area contributed by atoms with Crippen LogP contribution in [0.2, 0.25) is 0 Å². The number of hydrogen-bond acceptors (Lipinski definition) is 2. The number of nitrogens with two attached hydrogens (primary N) is 1. The summed E-state index contributed by atoms with van der Waals surface area (Å²) in [5, 5.41) is 0. The Balaban J connectivity index is 3.14. The van der Waals surface area contributed by atoms with E-state index in [0.29, 0.717) is 18.4 Å². The Morgan fingerprint density at radius 2 is 2.00 bits per heavy atom. The van der Waals surface area contributed by atoms with Crippen molar-refractivity contribution < 1.29 is 0 Å². The highest BCUT2D eigenvalue weighted by Gasteiger charge is 2.16. The van der Waals surface area contributed by atoms with Gasteiger partial charge in [-0.3, -0.25) is 0 Å². The zero-order valence-electron chi connectivity index (χ0n) is 10.6. The Hall–Kier alpha value is -1.43. The quantitative estimate of drug-likeness (QED) is 0.790. The molecule has 0 amide bonds. The maximum atomic E-state index is 6.08. The molecule has 0 spiro atoms. The zero-order valence-corrected chi connectivity index (χ0v) is 10.6. The van der Waals surface area contributed by atoms with Crippen LogP contribution >= 0.6 is 0 Å². The molecule has 0 aromatic carbocycles. The van der Waals surface area contributed by atoms with E-state index in [0.717, 1.165) is 23.8 Å². The number of nitrogen functional groups attached to an aromatic ring is 1. The average molecular weight is 219 g/mol. The van der Waals surface area contributed by atoms with Crippen LogP contribution in [0, 0.1) is 18.3 Å². The predicted molar refractivity (Wildman–Crippen MR) is 68.1 cm³/mol. The Bertz CT molecular complexity index is 394. The van der Waals surface area contributed by atoms with Crippen LogP contribution in [0.3, 0.4) is 0 Å². The molecule has 0 bridgehead atoms. The van der Waals surface area contributed by atoms with Crippen molar-refractivity contribution in [2.45, 2.75) is 46.6 Å². The molecule has 3 nitrogen and oxygen atoms in total. The first-order chi connectivity index (χ1) is 7.47. The normalized spacial score (nSPS) is 11.1. The molecule has 3 heteroatoms. The van der Waals surface area contributed by atoms with Gasteiger partial charge < -0.3 is 10.3 Å². The van der Waals surface area contributed by atoms with Crippen molar-refractivity contribution in [1.29, 1.82) is 0 Å². The molecule has 0 unspecified atom stereocenters. The summed E-state index contributed by atoms with van der Waals surface area (Å²) in [5.74, 6) is 5.25. The molecule has 88 valence electrons. The largest absolute Gasteiger partial charge is 0.384 e. The molecule has 0 saturated heterocycles. The van der Waals surface area contributed by atoms with E-state index in [9.17, 15) is 0 Å². The van der Waals surface area contributed by atoms with Gasteiger partial charge in [-0.1, -0.05) is 33.6 Å². The second kappa shape index (κ2) is 5.07. The van der Waals surface area contributed by atoms with Gasteiger partial charge in [0.05, 0.1) is 12.2 Å². The summed E-state index contributed by atoms with van der Waals surface area (Å²) in [6, 6.07) is 0. The van der Waals surface area contributed by atoms with E-state index < -0.39 is 0 Å². The smallest absolute Gasteiger partial charge is 0.127 e. The minimum Gasteiger partial charge on any atom is -0.384 e. The van der Waals surface area contributed by atoms with Crippen LogP contribution in [-0.2, 0) is 13.0 Å². The van der Waals surface area contributed by atoms with E-state index in [2.05, 4.69) is 38.6 Å². The minimum absolute atomic E-state index is 0.344. The van der Waals surface area contributed by atoms with Crippen LogP contribution in [0.4, 0.5) is 5.82 Å². The molecule has 0 aliphatic heterocycles. The van der Waals surface area contributed by atoms with E-state index in [1.54, 1.807) is 0 Å². The number of nitrogens with zero attached hydrogens (tertiary/aromatic N) is 2. The fraction of sp³-hybridized carbons (Fsp3) is 0.615. The molecule has 0 aliphatic rings. The van der Waals surface area contributed by atoms with Gasteiger partial charge in [0, 0.05) is 5.92 Å². The van der Waals surface area contributed by atoms with Crippen molar-refractivity contribution in [3.05, 3.63) is 11.5 Å². The third kappa shape index (κ3) is 2.57. The van der Waals surface area contributed by atoms with E-state index in [1.807, 2.05) is 4.57 Å². The molecule has 0 radical (unpaired) electrons. The summed E-state index contributed by atoms with van der Waals surface area (Å²) in [6.07, 6.45) is 6.26. The first kappa shape index (κ1) is 12.6. The molecule has 0 fully saturated rings. The Morgan fingerprint density at radius 3 is 2.44 bits per heavy atom. The van der Waals surface area contributed by atoms with Gasteiger partial charge >= 0.3 is 0 Å². The third-order valence-corrected chi connectivity index (χ3v) is 2.48. The SMILES string of the molecule is C#CCn1c(C(C)C)nc(CC(C)C)c1N. The summed E-state index contributed by atoms with van der Waals surface area (Å²) in [5.41, 5.74) is 7.06. The van der Waals surface area contributed by atoms with Crippen LogP contribution in [-0.4, -0.2) is 9.55 Å². The van der Waals surface area contributed by atoms with E-state index >= 15 is 0 Å². The van der Waals surface area contributed by atoms with E-state index in [1.165, 1.54) is 0 Å². The average Bonchev–Trinajstić information content (AvgIpc) is 2.46. The Labute approximate surface area is 98.1 Å². The highest BCUT2D eigenvalue weighted by Crippen LogP contribution is 2.22. The van der Waals surface area contributed by atoms with Crippen molar-refractivity contribution in [1.82, 2.24) is 9.55 Å². The van der Waals surface area contributed by atoms with Crippen molar-refractivity contribution >= 4 is 5.82 Å². The lowest BCUT2D eigenvalue weighted by Crippen LogP contribution is -2.08. The van der Waals surface area contributed by atoms with Crippen LogP contribution < -0.4 is 5.73 Å². The third-order valence-electron chi connectivity index (χ3n) is 2.48. The number of terminal acetylenes is 1. The molecule has 1 aromatic rings. The maximum absolute atomic E-state index is 6.08. The molecule has 0 saturated carbocycles. The van der Waals surface area contributed by atoms with Gasteiger partial charge in [0.1, 0.15) is 11.6 Å². The molecule has 2 N–H and O–H groups in total. The summed E-state index contributed by atoms with van der Waals surface area (Å²) >= 11 is 0. The Morgan fingerprint density at radius 1 is 1.38 bits per heavy atom. The summed E-state index contributed by atoms with van der Waals surface area (Å²) in [7, 11) is 0. The zero-order chi connectivity index (χ0) is 12.3. The molecule has 16 heavy (non-hydrogen) atoms. The number of aromatic nitrogens is 2. The van der Waals surface area contributed by atoms with Crippen LogP contribution in [0.5, 0.6) is 0 Å². The van der Waals surface area contributed by atoms with Crippen LogP contribution in [0.25, 0.3) is 0 Å². The van der Waals surface area contributed by atoms with Crippen molar-refractivity contribution in [3.63, 3.8) is 0 Å². The maximum Gasteiger partial charge on any atom is 0.127 e. The van der Waals surface area contributed by atoms with Crippen molar-refractivity contribution in [2.75, 3.05) is 5.73 Å². The van der Waals surface area contributed by atoms with Gasteiger partial charge in [0.15, 0.2) is 0 Å². The topological polar surface area (TPSA) is 43.8 Å². The standard InChI is InChI=1S/C13H21N3/c1-6-7-16-12(14)11(8-9(2)3)15-13(16)10(4)5/h1,9-10H,7-8,14H2,2-5H3. The highest BCUT2D eigenvalue weighted by molar-refractivity contribution is 5.39. The van der Waals surface area contributed by atoms with Gasteiger partial charge in [-0.15, -0.1) is 6.42 Å². The molecule has 1 aromatic heterocycles. The molecular weight excluding hydrogens is 198 g/mol. The number of imidazole rings is 1. The number of anilines is 1. The first-order valence-electron chi connectivity index (χ1n) is 5.75. The summed E-state index contributed by atoms with van der Waals surface area (Å²) < 4.78 is 1.95. The fourth-order valence-electron chi connectivity index (χ4n) is 1.77. The molecule has 1 heterocycles. The Kier molecular flexibility index (Phi) is 4.00. The molecule has 0 aliphatic carbocycles. The predicted octanol–water partition coefficient (Wildman–Crippen LogP) is 2.42. The number of hydrogen-bond donors (Lipinski definition) is 1.